The van der Waals surface area contributed by atoms with Gasteiger partial charge in [-0.2, -0.15) is 0 Å². The number of hydrogen-bond acceptors (Lipinski definition) is 2. The fraction of sp³-hybridized carbons (Fsp3) is 0.263. The van der Waals surface area contributed by atoms with Crippen LogP contribution in [0.4, 0.5) is 16.2 Å². The van der Waals surface area contributed by atoms with E-state index in [1.54, 1.807) is 12.1 Å². The molecular formula is C19H20ClN3O2. The molecule has 0 radical (unpaired) electrons. The monoisotopic (exact) mass is 357 g/mol. The first-order chi connectivity index (χ1) is 12.1. The number of halogens is 1. The molecule has 0 bridgehead atoms. The van der Waals surface area contributed by atoms with Gasteiger partial charge in [0.05, 0.1) is 10.7 Å². The number of urea groups is 1. The molecule has 0 unspecified atom stereocenters. The summed E-state index contributed by atoms with van der Waals surface area (Å²) in [5.41, 5.74) is 3.70. The zero-order valence-electron chi connectivity index (χ0n) is 14.0. The van der Waals surface area contributed by atoms with Gasteiger partial charge in [0.1, 0.15) is 0 Å². The maximum atomic E-state index is 12.0. The largest absolute Gasteiger partial charge is 0.334 e. The van der Waals surface area contributed by atoms with Crippen LogP contribution in [0.25, 0.3) is 0 Å². The summed E-state index contributed by atoms with van der Waals surface area (Å²) < 4.78 is 0. The van der Waals surface area contributed by atoms with E-state index in [1.807, 2.05) is 42.2 Å². The number of benzene rings is 2. The Morgan fingerprint density at radius 3 is 2.76 bits per heavy atom. The topological polar surface area (TPSA) is 61.4 Å². The van der Waals surface area contributed by atoms with E-state index in [9.17, 15) is 9.59 Å². The molecule has 0 aliphatic carbocycles. The molecule has 0 spiro atoms. The van der Waals surface area contributed by atoms with Gasteiger partial charge in [-0.15, -0.1) is 0 Å². The van der Waals surface area contributed by atoms with Crippen molar-refractivity contribution in [3.63, 3.8) is 0 Å². The van der Waals surface area contributed by atoms with E-state index < -0.39 is 0 Å². The summed E-state index contributed by atoms with van der Waals surface area (Å²) in [5, 5.41) is 6.05. The van der Waals surface area contributed by atoms with E-state index in [4.69, 9.17) is 11.6 Å². The molecule has 2 aromatic rings. The van der Waals surface area contributed by atoms with Crippen molar-refractivity contribution >= 4 is 34.9 Å². The maximum Gasteiger partial charge on any atom is 0.319 e. The highest BCUT2D eigenvalue weighted by molar-refractivity contribution is 6.33. The summed E-state index contributed by atoms with van der Waals surface area (Å²) >= 11 is 6.03. The van der Waals surface area contributed by atoms with Crippen molar-refractivity contribution in [3.05, 3.63) is 58.6 Å². The van der Waals surface area contributed by atoms with Gasteiger partial charge in [-0.3, -0.25) is 4.79 Å². The zero-order valence-corrected chi connectivity index (χ0v) is 14.8. The van der Waals surface area contributed by atoms with Crippen LogP contribution in [0, 0.1) is 0 Å². The second-order valence-corrected chi connectivity index (χ2v) is 6.31. The molecule has 130 valence electrons. The van der Waals surface area contributed by atoms with E-state index >= 15 is 0 Å². The van der Waals surface area contributed by atoms with E-state index in [0.717, 1.165) is 29.8 Å². The molecule has 2 aromatic carbocycles. The Balaban J connectivity index is 1.60. The first kappa shape index (κ1) is 17.3. The van der Waals surface area contributed by atoms with Crippen LogP contribution in [-0.4, -0.2) is 18.5 Å². The summed E-state index contributed by atoms with van der Waals surface area (Å²) in [6.07, 6.45) is 1.35. The average Bonchev–Trinajstić information content (AvgIpc) is 3.04. The second kappa shape index (κ2) is 7.57. The average molecular weight is 358 g/mol. The standard InChI is InChI=1S/C19H20ClN3O2/c1-2-18(24)23-10-9-14-11-13(7-8-17(14)23)12-21-19(25)22-16-6-4-3-5-15(16)20/h3-8,11H,2,9-10,12H2,1H3,(H2,21,22,25). The number of fused-ring (bicyclic) bond motifs is 1. The molecule has 3 rings (SSSR count). The van der Waals surface area contributed by atoms with Crippen molar-refractivity contribution < 1.29 is 9.59 Å². The van der Waals surface area contributed by atoms with Gasteiger partial charge in [0.2, 0.25) is 5.91 Å². The lowest BCUT2D eigenvalue weighted by Crippen LogP contribution is -2.28. The smallest absolute Gasteiger partial charge is 0.319 e. The van der Waals surface area contributed by atoms with Crippen LogP contribution in [0.1, 0.15) is 24.5 Å². The van der Waals surface area contributed by atoms with E-state index in [1.165, 1.54) is 0 Å². The highest BCUT2D eigenvalue weighted by Gasteiger charge is 2.23. The molecule has 0 atom stereocenters. The molecule has 1 aliphatic rings. The fourth-order valence-electron chi connectivity index (χ4n) is 2.93. The molecule has 0 aromatic heterocycles. The third-order valence-electron chi connectivity index (χ3n) is 4.22. The molecule has 2 N–H and O–H groups in total. The van der Waals surface area contributed by atoms with Gasteiger partial charge >= 0.3 is 6.03 Å². The molecule has 0 saturated heterocycles. The minimum absolute atomic E-state index is 0.142. The first-order valence-electron chi connectivity index (χ1n) is 8.30. The van der Waals surface area contributed by atoms with Crippen molar-refractivity contribution in [1.29, 1.82) is 0 Å². The number of amides is 3. The van der Waals surface area contributed by atoms with Crippen LogP contribution < -0.4 is 15.5 Å². The number of rotatable bonds is 4. The molecule has 1 heterocycles. The Hall–Kier alpha value is -2.53. The zero-order chi connectivity index (χ0) is 17.8. The molecular weight excluding hydrogens is 338 g/mol. The highest BCUT2D eigenvalue weighted by Crippen LogP contribution is 2.29. The third kappa shape index (κ3) is 3.94. The third-order valence-corrected chi connectivity index (χ3v) is 4.55. The Bertz CT molecular complexity index is 807. The number of carbonyl (C=O) groups excluding carboxylic acids is 2. The summed E-state index contributed by atoms with van der Waals surface area (Å²) in [5.74, 6) is 0.142. The molecule has 25 heavy (non-hydrogen) atoms. The predicted molar refractivity (Wildman–Crippen MR) is 100 cm³/mol. The Kier molecular flexibility index (Phi) is 5.24. The minimum Gasteiger partial charge on any atom is -0.334 e. The Morgan fingerprint density at radius 2 is 2.00 bits per heavy atom. The van der Waals surface area contributed by atoms with Crippen LogP contribution >= 0.6 is 11.6 Å². The van der Waals surface area contributed by atoms with Gasteiger partial charge in [-0.1, -0.05) is 42.8 Å². The molecule has 0 saturated carbocycles. The highest BCUT2D eigenvalue weighted by atomic mass is 35.5. The second-order valence-electron chi connectivity index (χ2n) is 5.90. The lowest BCUT2D eigenvalue weighted by molar-refractivity contribution is -0.118. The van der Waals surface area contributed by atoms with Crippen LogP contribution in [0.3, 0.4) is 0 Å². The molecule has 1 aliphatic heterocycles. The van der Waals surface area contributed by atoms with Crippen molar-refractivity contribution in [2.24, 2.45) is 0 Å². The molecule has 5 nitrogen and oxygen atoms in total. The van der Waals surface area contributed by atoms with Crippen LogP contribution in [0.15, 0.2) is 42.5 Å². The lowest BCUT2D eigenvalue weighted by atomic mass is 10.1. The number of nitrogens with one attached hydrogen (secondary N) is 2. The predicted octanol–water partition coefficient (Wildman–Crippen LogP) is 3.96. The summed E-state index contributed by atoms with van der Waals surface area (Å²) in [6.45, 7) is 3.01. The number of para-hydroxylation sites is 1. The van der Waals surface area contributed by atoms with Crippen molar-refractivity contribution in [2.45, 2.75) is 26.3 Å². The van der Waals surface area contributed by atoms with Crippen molar-refractivity contribution in [3.8, 4) is 0 Å². The fourth-order valence-corrected chi connectivity index (χ4v) is 3.11. The number of nitrogens with zero attached hydrogens (tertiary/aromatic N) is 1. The molecule has 3 amide bonds. The van der Waals surface area contributed by atoms with E-state index in [2.05, 4.69) is 10.6 Å². The minimum atomic E-state index is -0.309. The van der Waals surface area contributed by atoms with Crippen LogP contribution in [-0.2, 0) is 17.8 Å². The molecule has 0 fully saturated rings. The quantitative estimate of drug-likeness (QED) is 0.870. The SMILES string of the molecule is CCC(=O)N1CCc2cc(CNC(=O)Nc3ccccc3Cl)ccc21. The van der Waals surface area contributed by atoms with Gasteiger partial charge in [0, 0.05) is 25.2 Å². The Labute approximate surface area is 152 Å². The summed E-state index contributed by atoms with van der Waals surface area (Å²) in [6, 6.07) is 12.7. The first-order valence-corrected chi connectivity index (χ1v) is 8.68. The maximum absolute atomic E-state index is 12.0. The number of carbonyl (C=O) groups is 2. The van der Waals surface area contributed by atoms with Gasteiger partial charge in [0.15, 0.2) is 0 Å². The van der Waals surface area contributed by atoms with Crippen molar-refractivity contribution in [2.75, 3.05) is 16.8 Å². The van der Waals surface area contributed by atoms with Gasteiger partial charge in [-0.05, 0) is 35.7 Å². The van der Waals surface area contributed by atoms with Crippen LogP contribution in [0.5, 0.6) is 0 Å². The van der Waals surface area contributed by atoms with Gasteiger partial charge in [-0.25, -0.2) is 4.79 Å². The Morgan fingerprint density at radius 1 is 1.20 bits per heavy atom. The van der Waals surface area contributed by atoms with Gasteiger partial charge < -0.3 is 15.5 Å². The normalized spacial score (nSPS) is 12.6. The van der Waals surface area contributed by atoms with Crippen molar-refractivity contribution in [1.82, 2.24) is 5.32 Å². The molecule has 6 heteroatoms. The van der Waals surface area contributed by atoms with Gasteiger partial charge in [0.25, 0.3) is 0 Å². The van der Waals surface area contributed by atoms with E-state index in [0.29, 0.717) is 23.7 Å². The van der Waals surface area contributed by atoms with Crippen LogP contribution in [0.2, 0.25) is 5.02 Å². The lowest BCUT2D eigenvalue weighted by Gasteiger charge is -2.16. The van der Waals surface area contributed by atoms with E-state index in [-0.39, 0.29) is 11.9 Å². The number of hydrogen-bond donors (Lipinski definition) is 2. The summed E-state index contributed by atoms with van der Waals surface area (Å²) in [7, 11) is 0. The summed E-state index contributed by atoms with van der Waals surface area (Å²) in [4.78, 5) is 25.8. The number of anilines is 2.